The van der Waals surface area contributed by atoms with Gasteiger partial charge in [-0.2, -0.15) is 5.10 Å². The first kappa shape index (κ1) is 11.4. The van der Waals surface area contributed by atoms with Crippen molar-refractivity contribution < 1.29 is 0 Å². The summed E-state index contributed by atoms with van der Waals surface area (Å²) in [4.78, 5) is 0. The summed E-state index contributed by atoms with van der Waals surface area (Å²) in [5.74, 6) is 0.470. The molecule has 0 spiro atoms. The van der Waals surface area contributed by atoms with E-state index in [1.54, 1.807) is 0 Å². The van der Waals surface area contributed by atoms with E-state index in [4.69, 9.17) is 0 Å². The number of hydrogen-bond donors (Lipinski definition) is 1. The molecule has 2 nitrogen and oxygen atoms in total. The van der Waals surface area contributed by atoms with Crippen LogP contribution in [0.25, 0.3) is 11.3 Å². The number of nitrogens with one attached hydrogen (secondary N) is 1. The van der Waals surface area contributed by atoms with Crippen LogP contribution in [-0.2, 0) is 5.33 Å². The maximum atomic E-state index is 4.42. The number of benzene rings is 1. The minimum absolute atomic E-state index is 0.470. The van der Waals surface area contributed by atoms with Crippen molar-refractivity contribution in [2.24, 2.45) is 0 Å². The summed E-state index contributed by atoms with van der Waals surface area (Å²) in [6, 6.07) is 10.3. The van der Waals surface area contributed by atoms with Crippen LogP contribution in [0.4, 0.5) is 0 Å². The summed E-state index contributed by atoms with van der Waals surface area (Å²) in [6.07, 6.45) is 0. The summed E-state index contributed by atoms with van der Waals surface area (Å²) >= 11 is 3.54. The van der Waals surface area contributed by atoms with Gasteiger partial charge in [0.2, 0.25) is 0 Å². The Hall–Kier alpha value is -1.09. The number of rotatable bonds is 3. The molecule has 0 radical (unpaired) electrons. The van der Waals surface area contributed by atoms with Crippen LogP contribution >= 0.6 is 15.9 Å². The van der Waals surface area contributed by atoms with E-state index in [0.29, 0.717) is 5.92 Å². The van der Waals surface area contributed by atoms with Crippen molar-refractivity contribution in [3.8, 4) is 11.3 Å². The number of hydrogen-bond acceptors (Lipinski definition) is 1. The molecule has 0 fully saturated rings. The minimum Gasteiger partial charge on any atom is -0.281 e. The number of halogens is 1. The molecule has 1 heterocycles. The first-order valence-corrected chi connectivity index (χ1v) is 6.54. The maximum absolute atomic E-state index is 4.42. The molecular formula is C13H15BrN2. The Bertz CT molecular complexity index is 460. The van der Waals surface area contributed by atoms with Crippen molar-refractivity contribution in [1.82, 2.24) is 10.2 Å². The molecule has 1 aromatic heterocycles. The number of nitrogens with zero attached hydrogens (tertiary/aromatic N) is 1. The van der Waals surface area contributed by atoms with Gasteiger partial charge < -0.3 is 0 Å². The van der Waals surface area contributed by atoms with E-state index in [9.17, 15) is 0 Å². The van der Waals surface area contributed by atoms with E-state index in [-0.39, 0.29) is 0 Å². The van der Waals surface area contributed by atoms with Gasteiger partial charge in [0.15, 0.2) is 0 Å². The van der Waals surface area contributed by atoms with Crippen LogP contribution in [0.3, 0.4) is 0 Å². The van der Waals surface area contributed by atoms with Gasteiger partial charge in [0.1, 0.15) is 0 Å². The van der Waals surface area contributed by atoms with E-state index in [2.05, 4.69) is 52.1 Å². The topological polar surface area (TPSA) is 28.7 Å². The third-order valence-corrected chi connectivity index (χ3v) is 3.22. The number of aromatic amines is 1. The number of aromatic nitrogens is 2. The van der Waals surface area contributed by atoms with Gasteiger partial charge in [-0.3, -0.25) is 5.10 Å². The van der Waals surface area contributed by atoms with Gasteiger partial charge >= 0.3 is 0 Å². The third-order valence-electron chi connectivity index (χ3n) is 2.66. The molecule has 3 heteroatoms. The van der Waals surface area contributed by atoms with Crippen molar-refractivity contribution in [2.45, 2.75) is 25.1 Å². The van der Waals surface area contributed by atoms with Crippen molar-refractivity contribution in [2.75, 3.05) is 0 Å². The van der Waals surface area contributed by atoms with Crippen LogP contribution in [0.2, 0.25) is 0 Å². The fraction of sp³-hybridized carbons (Fsp3) is 0.308. The molecule has 2 rings (SSSR count). The van der Waals surface area contributed by atoms with Crippen molar-refractivity contribution >= 4 is 15.9 Å². The molecule has 0 aliphatic rings. The zero-order valence-corrected chi connectivity index (χ0v) is 11.1. The number of H-pyrrole nitrogens is 1. The van der Waals surface area contributed by atoms with Gasteiger partial charge in [0.25, 0.3) is 0 Å². The third kappa shape index (κ3) is 2.05. The lowest BCUT2D eigenvalue weighted by molar-refractivity contribution is 0.803. The van der Waals surface area contributed by atoms with Crippen molar-refractivity contribution in [3.05, 3.63) is 41.6 Å². The van der Waals surface area contributed by atoms with Crippen LogP contribution < -0.4 is 0 Å². The van der Waals surface area contributed by atoms with E-state index in [1.165, 1.54) is 16.8 Å². The average molecular weight is 279 g/mol. The monoisotopic (exact) mass is 278 g/mol. The molecule has 1 N–H and O–H groups in total. The van der Waals surface area contributed by atoms with Gasteiger partial charge in [0, 0.05) is 22.2 Å². The molecule has 0 aliphatic carbocycles. The fourth-order valence-corrected chi connectivity index (χ4v) is 2.39. The first-order chi connectivity index (χ1) is 7.74. The van der Waals surface area contributed by atoms with Crippen molar-refractivity contribution in [3.63, 3.8) is 0 Å². The molecule has 1 aromatic carbocycles. The first-order valence-electron chi connectivity index (χ1n) is 5.42. The smallest absolute Gasteiger partial charge is 0.0964 e. The Labute approximate surface area is 104 Å². The molecule has 0 aliphatic heterocycles. The fourth-order valence-electron chi connectivity index (χ4n) is 1.83. The lowest BCUT2D eigenvalue weighted by Gasteiger charge is -2.05. The van der Waals surface area contributed by atoms with Crippen LogP contribution in [0.1, 0.15) is 31.0 Å². The summed E-state index contributed by atoms with van der Waals surface area (Å²) < 4.78 is 0. The molecule has 16 heavy (non-hydrogen) atoms. The summed E-state index contributed by atoms with van der Waals surface area (Å²) in [7, 11) is 0. The summed E-state index contributed by atoms with van der Waals surface area (Å²) in [6.45, 7) is 4.35. The Kier molecular flexibility index (Phi) is 3.44. The molecule has 2 aromatic rings. The van der Waals surface area contributed by atoms with Crippen LogP contribution in [-0.4, -0.2) is 10.2 Å². The Morgan fingerprint density at radius 3 is 2.50 bits per heavy atom. The Balaban J connectivity index is 2.50. The minimum atomic E-state index is 0.470. The molecule has 0 unspecified atom stereocenters. The molecule has 0 bridgehead atoms. The average Bonchev–Trinajstić information content (AvgIpc) is 2.73. The summed E-state index contributed by atoms with van der Waals surface area (Å²) in [5.41, 5.74) is 4.71. The highest BCUT2D eigenvalue weighted by atomic mass is 79.9. The van der Waals surface area contributed by atoms with E-state index < -0.39 is 0 Å². The molecule has 0 amide bonds. The van der Waals surface area contributed by atoms with Crippen LogP contribution in [0.15, 0.2) is 30.3 Å². The van der Waals surface area contributed by atoms with Gasteiger partial charge in [0.05, 0.1) is 5.69 Å². The molecule has 84 valence electrons. The zero-order chi connectivity index (χ0) is 11.5. The van der Waals surface area contributed by atoms with Gasteiger partial charge in [-0.05, 0) is 5.92 Å². The molecular weight excluding hydrogens is 264 g/mol. The molecule has 0 saturated carbocycles. The molecule has 0 atom stereocenters. The SMILES string of the molecule is CC(C)c1[nH]nc(-c2ccccc2)c1CBr. The second-order valence-corrected chi connectivity index (χ2v) is 4.68. The van der Waals surface area contributed by atoms with E-state index in [0.717, 1.165) is 11.0 Å². The van der Waals surface area contributed by atoms with Crippen LogP contribution in [0, 0.1) is 0 Å². The Morgan fingerprint density at radius 1 is 1.25 bits per heavy atom. The predicted octanol–water partition coefficient (Wildman–Crippen LogP) is 4.10. The van der Waals surface area contributed by atoms with Gasteiger partial charge in [-0.15, -0.1) is 0 Å². The number of alkyl halides is 1. The standard InChI is InChI=1S/C13H15BrN2/c1-9(2)12-11(8-14)13(16-15-12)10-6-4-3-5-7-10/h3-7,9H,8H2,1-2H3,(H,15,16). The van der Waals surface area contributed by atoms with Gasteiger partial charge in [-0.1, -0.05) is 60.1 Å². The second-order valence-electron chi connectivity index (χ2n) is 4.12. The Morgan fingerprint density at radius 2 is 1.94 bits per heavy atom. The molecule has 0 saturated heterocycles. The van der Waals surface area contributed by atoms with Crippen LogP contribution in [0.5, 0.6) is 0 Å². The quantitative estimate of drug-likeness (QED) is 0.842. The lowest BCUT2D eigenvalue weighted by atomic mass is 10.0. The van der Waals surface area contributed by atoms with Crippen molar-refractivity contribution in [1.29, 1.82) is 0 Å². The summed E-state index contributed by atoms with van der Waals surface area (Å²) in [5, 5.41) is 8.40. The highest BCUT2D eigenvalue weighted by molar-refractivity contribution is 9.08. The lowest BCUT2D eigenvalue weighted by Crippen LogP contribution is -1.92. The second kappa shape index (κ2) is 4.83. The maximum Gasteiger partial charge on any atom is 0.0964 e. The van der Waals surface area contributed by atoms with E-state index in [1.807, 2.05) is 18.2 Å². The highest BCUT2D eigenvalue weighted by Crippen LogP contribution is 2.29. The largest absolute Gasteiger partial charge is 0.281 e. The predicted molar refractivity (Wildman–Crippen MR) is 70.7 cm³/mol. The highest BCUT2D eigenvalue weighted by Gasteiger charge is 2.15. The van der Waals surface area contributed by atoms with Gasteiger partial charge in [-0.25, -0.2) is 0 Å². The van der Waals surface area contributed by atoms with E-state index >= 15 is 0 Å². The zero-order valence-electron chi connectivity index (χ0n) is 9.50. The normalized spacial score (nSPS) is 11.0.